The third-order valence-corrected chi connectivity index (χ3v) is 3.55. The van der Waals surface area contributed by atoms with Gasteiger partial charge in [0.1, 0.15) is 0 Å². The van der Waals surface area contributed by atoms with E-state index in [2.05, 4.69) is 86.2 Å². The summed E-state index contributed by atoms with van der Waals surface area (Å²) in [6.45, 7) is 10.5. The lowest BCUT2D eigenvalue weighted by molar-refractivity contribution is 0.754. The first-order valence-corrected chi connectivity index (χ1v) is 7.34. The van der Waals surface area contributed by atoms with Crippen LogP contribution in [0.1, 0.15) is 25.0 Å². The van der Waals surface area contributed by atoms with Crippen molar-refractivity contribution in [3.8, 4) is 0 Å². The number of benzene rings is 2. The highest BCUT2D eigenvalue weighted by Gasteiger charge is 2.13. The number of anilines is 2. The van der Waals surface area contributed by atoms with Gasteiger partial charge in [0.05, 0.1) is 11.4 Å². The molecule has 0 aliphatic heterocycles. The standard InChI is InChI=1S/C18H24N2/c1-5-19(17-11-7-15(3)8-12-17)20(6-2)18-13-9-16(4)10-14-18/h7-14H,5-6H2,1-4H3. The van der Waals surface area contributed by atoms with E-state index in [0.29, 0.717) is 0 Å². The number of hydrogen-bond acceptors (Lipinski definition) is 2. The lowest BCUT2D eigenvalue weighted by atomic mass is 10.2. The minimum absolute atomic E-state index is 0.949. The van der Waals surface area contributed by atoms with Crippen LogP contribution in [-0.2, 0) is 0 Å². The van der Waals surface area contributed by atoms with Gasteiger partial charge >= 0.3 is 0 Å². The maximum absolute atomic E-state index is 2.32. The van der Waals surface area contributed by atoms with E-state index in [4.69, 9.17) is 0 Å². The molecule has 2 nitrogen and oxygen atoms in total. The van der Waals surface area contributed by atoms with Crippen molar-refractivity contribution in [2.45, 2.75) is 27.7 Å². The van der Waals surface area contributed by atoms with Crippen LogP contribution in [0.25, 0.3) is 0 Å². The van der Waals surface area contributed by atoms with E-state index in [0.717, 1.165) is 13.1 Å². The van der Waals surface area contributed by atoms with Crippen LogP contribution in [0.5, 0.6) is 0 Å². The highest BCUT2D eigenvalue weighted by Crippen LogP contribution is 2.23. The topological polar surface area (TPSA) is 6.48 Å². The molecule has 2 heteroatoms. The van der Waals surface area contributed by atoms with Crippen LogP contribution < -0.4 is 10.0 Å². The second-order valence-electron chi connectivity index (χ2n) is 5.10. The van der Waals surface area contributed by atoms with Crippen molar-refractivity contribution in [1.82, 2.24) is 0 Å². The van der Waals surface area contributed by atoms with Gasteiger partial charge in [-0.25, -0.2) is 0 Å². The maximum atomic E-state index is 2.32. The van der Waals surface area contributed by atoms with Gasteiger partial charge in [-0.2, -0.15) is 0 Å². The Morgan fingerprint density at radius 3 is 1.15 bits per heavy atom. The zero-order chi connectivity index (χ0) is 14.5. The average Bonchev–Trinajstić information content (AvgIpc) is 2.47. The molecule has 2 rings (SSSR count). The number of aryl methyl sites for hydroxylation is 2. The second-order valence-corrected chi connectivity index (χ2v) is 5.10. The Kier molecular flexibility index (Phi) is 4.67. The smallest absolute Gasteiger partial charge is 0.0574 e. The fourth-order valence-corrected chi connectivity index (χ4v) is 2.42. The second kappa shape index (κ2) is 6.47. The first-order chi connectivity index (χ1) is 9.65. The molecular formula is C18H24N2. The molecule has 20 heavy (non-hydrogen) atoms. The van der Waals surface area contributed by atoms with E-state index in [9.17, 15) is 0 Å². The Labute approximate surface area is 122 Å². The summed E-state index contributed by atoms with van der Waals surface area (Å²) >= 11 is 0. The Balaban J connectivity index is 2.32. The minimum atomic E-state index is 0.949. The van der Waals surface area contributed by atoms with Gasteiger partial charge in [-0.3, -0.25) is 10.0 Å². The summed E-state index contributed by atoms with van der Waals surface area (Å²) in [5, 5.41) is 4.65. The van der Waals surface area contributed by atoms with Gasteiger partial charge in [0.2, 0.25) is 0 Å². The molecule has 0 heterocycles. The third-order valence-electron chi connectivity index (χ3n) is 3.55. The molecule has 0 N–H and O–H groups in total. The number of nitrogens with zero attached hydrogens (tertiary/aromatic N) is 2. The summed E-state index contributed by atoms with van der Waals surface area (Å²) < 4.78 is 0. The van der Waals surface area contributed by atoms with Gasteiger partial charge in [-0.05, 0) is 52.0 Å². The van der Waals surface area contributed by atoms with E-state index in [1.807, 2.05) is 0 Å². The minimum Gasteiger partial charge on any atom is -0.286 e. The van der Waals surface area contributed by atoms with Crippen LogP contribution >= 0.6 is 0 Å². The fraction of sp³-hybridized carbons (Fsp3) is 0.333. The Morgan fingerprint density at radius 2 is 0.900 bits per heavy atom. The first kappa shape index (κ1) is 14.4. The molecule has 0 atom stereocenters. The molecule has 0 amide bonds. The number of hydrogen-bond donors (Lipinski definition) is 0. The molecule has 0 radical (unpaired) electrons. The lowest BCUT2D eigenvalue weighted by Crippen LogP contribution is -2.43. The largest absolute Gasteiger partial charge is 0.286 e. The van der Waals surface area contributed by atoms with Gasteiger partial charge in [0, 0.05) is 13.1 Å². The van der Waals surface area contributed by atoms with Gasteiger partial charge in [0.25, 0.3) is 0 Å². The van der Waals surface area contributed by atoms with Gasteiger partial charge in [-0.1, -0.05) is 35.4 Å². The molecule has 0 unspecified atom stereocenters. The van der Waals surface area contributed by atoms with E-state index < -0.39 is 0 Å². The molecule has 0 aromatic heterocycles. The molecule has 0 spiro atoms. The predicted molar refractivity (Wildman–Crippen MR) is 88.4 cm³/mol. The zero-order valence-corrected chi connectivity index (χ0v) is 12.9. The van der Waals surface area contributed by atoms with Crippen molar-refractivity contribution in [3.63, 3.8) is 0 Å². The van der Waals surface area contributed by atoms with Gasteiger partial charge < -0.3 is 0 Å². The van der Waals surface area contributed by atoms with Crippen LogP contribution in [0.15, 0.2) is 48.5 Å². The predicted octanol–water partition coefficient (Wildman–Crippen LogP) is 4.57. The van der Waals surface area contributed by atoms with Crippen molar-refractivity contribution in [2.24, 2.45) is 0 Å². The number of rotatable bonds is 5. The van der Waals surface area contributed by atoms with Crippen LogP contribution in [0.3, 0.4) is 0 Å². The number of hydrazine groups is 1. The molecule has 0 aliphatic rings. The summed E-state index contributed by atoms with van der Waals surface area (Å²) in [4.78, 5) is 0. The van der Waals surface area contributed by atoms with Gasteiger partial charge in [0.15, 0.2) is 0 Å². The molecular weight excluding hydrogens is 244 g/mol. The van der Waals surface area contributed by atoms with Crippen molar-refractivity contribution in [1.29, 1.82) is 0 Å². The van der Waals surface area contributed by atoms with E-state index >= 15 is 0 Å². The Morgan fingerprint density at radius 1 is 0.600 bits per heavy atom. The molecule has 106 valence electrons. The summed E-state index contributed by atoms with van der Waals surface area (Å²) in [7, 11) is 0. The molecule has 0 aliphatic carbocycles. The van der Waals surface area contributed by atoms with E-state index in [1.54, 1.807) is 0 Å². The van der Waals surface area contributed by atoms with Gasteiger partial charge in [-0.15, -0.1) is 0 Å². The van der Waals surface area contributed by atoms with Crippen LogP contribution in [0.2, 0.25) is 0 Å². The van der Waals surface area contributed by atoms with Crippen LogP contribution in [-0.4, -0.2) is 13.1 Å². The highest BCUT2D eigenvalue weighted by atomic mass is 15.6. The molecule has 0 saturated heterocycles. The Bertz CT molecular complexity index is 477. The molecule has 0 saturated carbocycles. The summed E-state index contributed by atoms with van der Waals surface area (Å²) in [5.74, 6) is 0. The summed E-state index contributed by atoms with van der Waals surface area (Å²) in [6.07, 6.45) is 0. The normalized spacial score (nSPS) is 10.4. The van der Waals surface area contributed by atoms with E-state index in [1.165, 1.54) is 22.5 Å². The van der Waals surface area contributed by atoms with Crippen molar-refractivity contribution in [3.05, 3.63) is 59.7 Å². The van der Waals surface area contributed by atoms with Crippen LogP contribution in [0, 0.1) is 13.8 Å². The van der Waals surface area contributed by atoms with E-state index in [-0.39, 0.29) is 0 Å². The Hall–Kier alpha value is -1.96. The quantitative estimate of drug-likeness (QED) is 0.733. The van der Waals surface area contributed by atoms with Crippen molar-refractivity contribution >= 4 is 11.4 Å². The van der Waals surface area contributed by atoms with Crippen LogP contribution in [0.4, 0.5) is 11.4 Å². The molecule has 0 fully saturated rings. The molecule has 2 aromatic carbocycles. The van der Waals surface area contributed by atoms with Crippen molar-refractivity contribution in [2.75, 3.05) is 23.1 Å². The lowest BCUT2D eigenvalue weighted by Gasteiger charge is -2.37. The maximum Gasteiger partial charge on any atom is 0.0574 e. The SMILES string of the molecule is CCN(c1ccc(C)cc1)N(CC)c1ccc(C)cc1. The summed E-state index contributed by atoms with van der Waals surface area (Å²) in [6, 6.07) is 17.4. The summed E-state index contributed by atoms with van der Waals surface area (Å²) in [5.41, 5.74) is 5.06. The third kappa shape index (κ3) is 3.13. The van der Waals surface area contributed by atoms with Crippen molar-refractivity contribution < 1.29 is 0 Å². The highest BCUT2D eigenvalue weighted by molar-refractivity contribution is 5.58. The average molecular weight is 268 g/mol. The molecule has 2 aromatic rings. The monoisotopic (exact) mass is 268 g/mol. The zero-order valence-electron chi connectivity index (χ0n) is 12.9. The molecule has 0 bridgehead atoms. The first-order valence-electron chi connectivity index (χ1n) is 7.34. The fourth-order valence-electron chi connectivity index (χ4n) is 2.42.